The summed E-state index contributed by atoms with van der Waals surface area (Å²) in [5.74, 6) is -1.33. The minimum atomic E-state index is -0.966. The second-order valence-corrected chi connectivity index (χ2v) is 3.49. The number of hydrogen-bond acceptors (Lipinski definition) is 4. The summed E-state index contributed by atoms with van der Waals surface area (Å²) in [6.07, 6.45) is 0.910. The van der Waals surface area contributed by atoms with Gasteiger partial charge in [-0.05, 0) is 12.8 Å². The number of carbonyl (C=O) groups is 2. The third-order valence-corrected chi connectivity index (χ3v) is 1.94. The average molecular weight is 245 g/mol. The maximum atomic E-state index is 11.3. The van der Waals surface area contributed by atoms with E-state index in [1.54, 1.807) is 0 Å². The zero-order valence-electron chi connectivity index (χ0n) is 9.56. The third-order valence-electron chi connectivity index (χ3n) is 1.94. The number of carboxylic acids is 1. The number of aliphatic carboxylic acids is 1. The van der Waals surface area contributed by atoms with Crippen molar-refractivity contribution >= 4 is 17.8 Å². The molecule has 17 heavy (non-hydrogen) atoms. The van der Waals surface area contributed by atoms with Gasteiger partial charge in [0.2, 0.25) is 5.91 Å². The van der Waals surface area contributed by atoms with Crippen LogP contribution in [0.5, 0.6) is 0 Å². The number of hydrogen-bond donors (Lipinski definition) is 5. The molecule has 1 atom stereocenters. The SMILES string of the molecule is NC(N)=NCCC[C@H](N)C(=O)NCCC(=O)O. The topological polar surface area (TPSA) is 157 Å². The van der Waals surface area contributed by atoms with Gasteiger partial charge in [0, 0.05) is 13.1 Å². The molecule has 98 valence electrons. The van der Waals surface area contributed by atoms with Gasteiger partial charge in [-0.3, -0.25) is 14.6 Å². The van der Waals surface area contributed by atoms with Crippen LogP contribution in [0, 0.1) is 0 Å². The van der Waals surface area contributed by atoms with E-state index >= 15 is 0 Å². The van der Waals surface area contributed by atoms with Crippen molar-refractivity contribution < 1.29 is 14.7 Å². The van der Waals surface area contributed by atoms with Crippen molar-refractivity contribution in [2.24, 2.45) is 22.2 Å². The first-order valence-corrected chi connectivity index (χ1v) is 5.24. The highest BCUT2D eigenvalue weighted by Gasteiger charge is 2.12. The van der Waals surface area contributed by atoms with E-state index in [1.807, 2.05) is 0 Å². The van der Waals surface area contributed by atoms with Gasteiger partial charge in [0.1, 0.15) is 0 Å². The Labute approximate surface area is 99.2 Å². The number of carbonyl (C=O) groups excluding carboxylic acids is 1. The number of guanidine groups is 1. The van der Waals surface area contributed by atoms with Gasteiger partial charge in [-0.25, -0.2) is 0 Å². The summed E-state index contributed by atoms with van der Waals surface area (Å²) in [4.78, 5) is 25.3. The molecular weight excluding hydrogens is 226 g/mol. The van der Waals surface area contributed by atoms with E-state index in [0.29, 0.717) is 19.4 Å². The summed E-state index contributed by atoms with van der Waals surface area (Å²) in [6.45, 7) is 0.494. The van der Waals surface area contributed by atoms with Crippen LogP contribution in [-0.2, 0) is 9.59 Å². The Morgan fingerprint density at radius 2 is 2.00 bits per heavy atom. The Kier molecular flexibility index (Phi) is 7.44. The molecule has 0 bridgehead atoms. The van der Waals surface area contributed by atoms with Gasteiger partial charge in [-0.1, -0.05) is 0 Å². The lowest BCUT2D eigenvalue weighted by Crippen LogP contribution is -2.41. The Morgan fingerprint density at radius 3 is 2.53 bits per heavy atom. The van der Waals surface area contributed by atoms with Gasteiger partial charge >= 0.3 is 5.97 Å². The van der Waals surface area contributed by atoms with Crippen molar-refractivity contribution in [3.8, 4) is 0 Å². The summed E-state index contributed by atoms with van der Waals surface area (Å²) < 4.78 is 0. The van der Waals surface area contributed by atoms with E-state index in [1.165, 1.54) is 0 Å². The van der Waals surface area contributed by atoms with Crippen molar-refractivity contribution in [1.29, 1.82) is 0 Å². The number of aliphatic imine (C=N–C) groups is 1. The Balaban J connectivity index is 3.67. The predicted molar refractivity (Wildman–Crippen MR) is 63.1 cm³/mol. The van der Waals surface area contributed by atoms with Gasteiger partial charge in [-0.2, -0.15) is 0 Å². The molecule has 1 amide bonds. The van der Waals surface area contributed by atoms with Crippen LogP contribution in [0.1, 0.15) is 19.3 Å². The molecule has 8 heteroatoms. The molecule has 0 aliphatic heterocycles. The van der Waals surface area contributed by atoms with E-state index < -0.39 is 12.0 Å². The molecule has 0 rings (SSSR count). The molecule has 0 fully saturated rings. The van der Waals surface area contributed by atoms with Crippen molar-refractivity contribution in [3.63, 3.8) is 0 Å². The van der Waals surface area contributed by atoms with E-state index in [2.05, 4.69) is 10.3 Å². The molecule has 0 aromatic heterocycles. The second kappa shape index (κ2) is 8.34. The fourth-order valence-corrected chi connectivity index (χ4v) is 1.07. The lowest BCUT2D eigenvalue weighted by atomic mass is 10.1. The predicted octanol–water partition coefficient (Wildman–Crippen LogP) is -2.04. The highest BCUT2D eigenvalue weighted by molar-refractivity contribution is 5.81. The molecule has 0 aliphatic carbocycles. The van der Waals surface area contributed by atoms with Crippen LogP contribution in [0.4, 0.5) is 0 Å². The molecule has 0 radical (unpaired) electrons. The largest absolute Gasteiger partial charge is 0.481 e. The standard InChI is InChI=1S/C9H19N5O3/c10-6(2-1-4-14-9(11)12)8(17)13-5-3-7(15)16/h6H,1-5,10H2,(H,13,17)(H,15,16)(H4,11,12,14)/t6-/m0/s1. The van der Waals surface area contributed by atoms with Crippen molar-refractivity contribution in [2.45, 2.75) is 25.3 Å². The zero-order chi connectivity index (χ0) is 13.3. The maximum Gasteiger partial charge on any atom is 0.305 e. The van der Waals surface area contributed by atoms with E-state index in [-0.39, 0.29) is 24.8 Å². The Morgan fingerprint density at radius 1 is 1.35 bits per heavy atom. The van der Waals surface area contributed by atoms with Crippen LogP contribution in [0.15, 0.2) is 4.99 Å². The van der Waals surface area contributed by atoms with Crippen molar-refractivity contribution in [3.05, 3.63) is 0 Å². The first-order valence-electron chi connectivity index (χ1n) is 5.24. The van der Waals surface area contributed by atoms with Crippen LogP contribution < -0.4 is 22.5 Å². The maximum absolute atomic E-state index is 11.3. The minimum absolute atomic E-state index is 0.00415. The summed E-state index contributed by atoms with van der Waals surface area (Å²) in [5.41, 5.74) is 15.8. The molecular formula is C9H19N5O3. The van der Waals surface area contributed by atoms with Crippen LogP contribution in [0.3, 0.4) is 0 Å². The molecule has 8 nitrogen and oxygen atoms in total. The van der Waals surface area contributed by atoms with Crippen LogP contribution >= 0.6 is 0 Å². The highest BCUT2D eigenvalue weighted by Crippen LogP contribution is 1.95. The van der Waals surface area contributed by atoms with Gasteiger partial charge < -0.3 is 27.6 Å². The fraction of sp³-hybridized carbons (Fsp3) is 0.667. The average Bonchev–Trinajstić information content (AvgIpc) is 2.23. The number of nitrogens with zero attached hydrogens (tertiary/aromatic N) is 1. The number of amides is 1. The van der Waals surface area contributed by atoms with E-state index in [4.69, 9.17) is 22.3 Å². The van der Waals surface area contributed by atoms with Crippen molar-refractivity contribution in [2.75, 3.05) is 13.1 Å². The smallest absolute Gasteiger partial charge is 0.305 e. The van der Waals surface area contributed by atoms with Gasteiger partial charge in [-0.15, -0.1) is 0 Å². The van der Waals surface area contributed by atoms with Gasteiger partial charge in [0.25, 0.3) is 0 Å². The molecule has 0 aromatic carbocycles. The van der Waals surface area contributed by atoms with Crippen molar-refractivity contribution in [1.82, 2.24) is 5.32 Å². The molecule has 8 N–H and O–H groups in total. The van der Waals surface area contributed by atoms with Crippen LogP contribution in [0.25, 0.3) is 0 Å². The summed E-state index contributed by atoms with van der Waals surface area (Å²) >= 11 is 0. The second-order valence-electron chi connectivity index (χ2n) is 3.49. The van der Waals surface area contributed by atoms with Crippen LogP contribution in [-0.4, -0.2) is 42.1 Å². The Bertz CT molecular complexity index is 288. The highest BCUT2D eigenvalue weighted by atomic mass is 16.4. The normalized spacial score (nSPS) is 11.6. The molecule has 0 heterocycles. The fourth-order valence-electron chi connectivity index (χ4n) is 1.07. The lowest BCUT2D eigenvalue weighted by molar-refractivity contribution is -0.136. The molecule has 0 saturated heterocycles. The summed E-state index contributed by atoms with van der Waals surface area (Å²) in [6, 6.07) is -0.669. The third kappa shape index (κ3) is 9.12. The quantitative estimate of drug-likeness (QED) is 0.188. The van der Waals surface area contributed by atoms with Crippen LogP contribution in [0.2, 0.25) is 0 Å². The number of nitrogens with one attached hydrogen (secondary N) is 1. The molecule has 0 saturated carbocycles. The first kappa shape index (κ1) is 15.2. The van der Waals surface area contributed by atoms with E-state index in [9.17, 15) is 9.59 Å². The first-order chi connectivity index (χ1) is 7.93. The molecule has 0 aliphatic rings. The molecule has 0 spiro atoms. The minimum Gasteiger partial charge on any atom is -0.481 e. The summed E-state index contributed by atoms with van der Waals surface area (Å²) in [7, 11) is 0. The summed E-state index contributed by atoms with van der Waals surface area (Å²) in [5, 5.41) is 10.8. The van der Waals surface area contributed by atoms with Gasteiger partial charge in [0.05, 0.1) is 12.5 Å². The number of rotatable bonds is 8. The van der Waals surface area contributed by atoms with Gasteiger partial charge in [0.15, 0.2) is 5.96 Å². The lowest BCUT2D eigenvalue weighted by Gasteiger charge is -2.10. The number of carboxylic acid groups (broad SMARTS) is 1. The monoisotopic (exact) mass is 245 g/mol. The molecule has 0 aromatic rings. The molecule has 0 unspecified atom stereocenters. The Hall–Kier alpha value is -1.83. The van der Waals surface area contributed by atoms with E-state index in [0.717, 1.165) is 0 Å². The number of nitrogens with two attached hydrogens (primary N) is 3. The zero-order valence-corrected chi connectivity index (χ0v) is 9.56.